The lowest BCUT2D eigenvalue weighted by atomic mass is 9.85. The van der Waals surface area contributed by atoms with E-state index >= 15 is 14.4 Å². The minimum Gasteiger partial charge on any atom is -0.490 e. The summed E-state index contributed by atoms with van der Waals surface area (Å²) in [6.45, 7) is 7.83. The predicted octanol–water partition coefficient (Wildman–Crippen LogP) is 3.10. The summed E-state index contributed by atoms with van der Waals surface area (Å²) < 4.78 is 12.2. The Labute approximate surface area is 613 Å². The fourth-order valence-corrected chi connectivity index (χ4v) is 13.0. The third-order valence-electron chi connectivity index (χ3n) is 19.3. The Morgan fingerprint density at radius 1 is 0.547 bits per heavy atom. The monoisotopic (exact) mass is 1460 g/mol. The molecule has 6 aliphatic rings. The molecule has 6 aliphatic heterocycles. The van der Waals surface area contributed by atoms with E-state index in [-0.39, 0.29) is 76.8 Å². The van der Waals surface area contributed by atoms with Gasteiger partial charge in [0.2, 0.25) is 47.3 Å². The number of amides is 9. The molecule has 6 heterocycles. The van der Waals surface area contributed by atoms with Crippen LogP contribution >= 0.6 is 0 Å². The average molecular weight is 1460 g/mol. The number of rotatable bonds is 17. The molecule has 9 amide bonds. The maximum Gasteiger partial charge on any atom is 0.326 e. The van der Waals surface area contributed by atoms with Gasteiger partial charge in [0.25, 0.3) is 5.91 Å². The minimum atomic E-state index is -1.63. The van der Waals surface area contributed by atoms with Gasteiger partial charge < -0.3 is 82.4 Å². The van der Waals surface area contributed by atoms with Crippen LogP contribution in [-0.4, -0.2) is 209 Å². The van der Waals surface area contributed by atoms with Crippen molar-refractivity contribution >= 4 is 92.6 Å². The molecule has 28 heteroatoms. The Morgan fingerprint density at radius 2 is 1.03 bits per heavy atom. The summed E-state index contributed by atoms with van der Waals surface area (Å²) in [5.41, 5.74) is 1.13. The number of ether oxygens (including phenoxy) is 2. The highest BCUT2D eigenvalue weighted by Crippen LogP contribution is 2.29. The van der Waals surface area contributed by atoms with E-state index in [2.05, 4.69) is 47.9 Å². The number of likely N-dealkylation sites (tertiary alicyclic amines) is 2. The van der Waals surface area contributed by atoms with Gasteiger partial charge in [-0.2, -0.15) is 0 Å². The molecule has 0 aromatic heterocycles. The van der Waals surface area contributed by atoms with Crippen LogP contribution in [0.25, 0.3) is 21.5 Å². The Morgan fingerprint density at radius 3 is 1.53 bits per heavy atom. The second-order valence-electron chi connectivity index (χ2n) is 28.2. The van der Waals surface area contributed by atoms with Crippen molar-refractivity contribution < 1.29 is 82.3 Å². The summed E-state index contributed by atoms with van der Waals surface area (Å²) in [4.78, 5) is 172. The zero-order valence-electron chi connectivity index (χ0n) is 60.2. The molecule has 0 radical (unpaired) electrons. The first kappa shape index (κ1) is 79.0. The fraction of sp³-hybridized carbons (Fsp3) is 0.410. The Bertz CT molecular complexity index is 4260. The van der Waals surface area contributed by atoms with Crippen LogP contribution in [0.1, 0.15) is 92.9 Å². The van der Waals surface area contributed by atoms with Crippen molar-refractivity contribution in [3.05, 3.63) is 173 Å². The summed E-state index contributed by atoms with van der Waals surface area (Å²) in [6.07, 6.45) is 0.378. The molecule has 6 aromatic carbocycles. The number of aliphatic carboxylic acids is 3. The van der Waals surface area contributed by atoms with Crippen LogP contribution in [-0.2, 0) is 83.2 Å². The molecule has 8 bridgehead atoms. The summed E-state index contributed by atoms with van der Waals surface area (Å²) in [5, 5.41) is 59.5. The molecule has 6 aromatic rings. The number of fused-ring (bicyclic) bond motifs is 2. The van der Waals surface area contributed by atoms with Gasteiger partial charge in [0.15, 0.2) is 0 Å². The molecule has 106 heavy (non-hydrogen) atoms. The number of carboxylic acids is 3. The van der Waals surface area contributed by atoms with Crippen LogP contribution in [0.5, 0.6) is 5.75 Å². The third-order valence-corrected chi connectivity index (χ3v) is 19.3. The zero-order chi connectivity index (χ0) is 76.5. The number of nitrogens with zero attached hydrogens (tertiary/aromatic N) is 2. The molecule has 12 rings (SSSR count). The number of carboxylic acid groups (broad SMARTS) is 3. The highest BCUT2D eigenvalue weighted by Gasteiger charge is 2.48. The molecular formula is C78H93N11O17. The predicted molar refractivity (Wildman–Crippen MR) is 392 cm³/mol. The van der Waals surface area contributed by atoms with Gasteiger partial charge in [-0.3, -0.25) is 47.9 Å². The maximum atomic E-state index is 15.2. The van der Waals surface area contributed by atoms with Crippen LogP contribution in [0.4, 0.5) is 0 Å². The number of carbonyl (C=O) groups excluding carboxylic acids is 9. The van der Waals surface area contributed by atoms with Crippen LogP contribution in [0.2, 0.25) is 0 Å². The average Bonchev–Trinajstić information content (AvgIpc) is 1.63. The highest BCUT2D eigenvalue weighted by molar-refractivity contribution is 5.99. The van der Waals surface area contributed by atoms with Gasteiger partial charge in [0, 0.05) is 63.2 Å². The second-order valence-corrected chi connectivity index (χ2v) is 28.2. The van der Waals surface area contributed by atoms with Crippen LogP contribution in [0.15, 0.2) is 146 Å². The molecule has 0 spiro atoms. The molecule has 0 unspecified atom stereocenters. The summed E-state index contributed by atoms with van der Waals surface area (Å²) in [7, 11) is 3.10. The van der Waals surface area contributed by atoms with E-state index in [1.807, 2.05) is 72.8 Å². The highest BCUT2D eigenvalue weighted by atomic mass is 16.5. The Kier molecular flexibility index (Phi) is 26.9. The number of benzene rings is 6. The van der Waals surface area contributed by atoms with E-state index in [1.165, 1.54) is 48.0 Å². The summed E-state index contributed by atoms with van der Waals surface area (Å²) in [6, 6.07) is 24.1. The number of carbonyl (C=O) groups is 12. The first-order chi connectivity index (χ1) is 50.5. The number of hydrogen-bond acceptors (Lipinski definition) is 16. The van der Waals surface area contributed by atoms with E-state index in [0.29, 0.717) is 28.0 Å². The lowest BCUT2D eigenvalue weighted by molar-refractivity contribution is -0.145. The van der Waals surface area contributed by atoms with Gasteiger partial charge in [-0.1, -0.05) is 136 Å². The van der Waals surface area contributed by atoms with Gasteiger partial charge in [0.05, 0.1) is 24.8 Å². The van der Waals surface area contributed by atoms with Crippen molar-refractivity contribution in [2.45, 2.75) is 159 Å². The first-order valence-electron chi connectivity index (χ1n) is 35.3. The second kappa shape index (κ2) is 36.1. The van der Waals surface area contributed by atoms with E-state index in [4.69, 9.17) is 9.47 Å². The topological polar surface area (TPSA) is 399 Å². The smallest absolute Gasteiger partial charge is 0.326 e. The van der Waals surface area contributed by atoms with Crippen LogP contribution in [0.3, 0.4) is 0 Å². The van der Waals surface area contributed by atoms with Crippen LogP contribution < -0.4 is 52.6 Å². The van der Waals surface area contributed by atoms with Crippen molar-refractivity contribution in [3.8, 4) is 5.75 Å². The Hall–Kier alpha value is -11.1. The van der Waals surface area contributed by atoms with E-state index in [1.54, 1.807) is 83.3 Å². The van der Waals surface area contributed by atoms with Gasteiger partial charge >= 0.3 is 17.9 Å². The lowest BCUT2D eigenvalue weighted by Gasteiger charge is -2.36. The summed E-state index contributed by atoms with van der Waals surface area (Å²) in [5.74, 6) is -10.4. The van der Waals surface area contributed by atoms with Gasteiger partial charge in [0.1, 0.15) is 60.7 Å². The fourth-order valence-electron chi connectivity index (χ4n) is 13.0. The van der Waals surface area contributed by atoms with Crippen molar-refractivity contribution in [2.75, 3.05) is 40.4 Å². The number of likely N-dealkylation sites (N-methyl/N-ethyl adjacent to an activating group) is 2. The van der Waals surface area contributed by atoms with Crippen molar-refractivity contribution in [2.24, 2.45) is 5.41 Å². The largest absolute Gasteiger partial charge is 0.490 e. The summed E-state index contributed by atoms with van der Waals surface area (Å²) >= 11 is 0. The SMILES string of the molecule is CN[C@@H](C)C(=O)N[C@@H](CCC(=O)O)C(=O)N1C[C@@H]2C[C@H]1C(=O)N[C@@H](Cc1ccc3ccccc3c1)C(=O)N[C@H](C(=O)O)Cc1ccc(cc1)C(=O)N[C@H]1C[C@@H](C(=O)N[C@@H](Cc3ccc4ccccc4c3)C(=O)N[C@H](C(=O)O)Cc3ccc(cc3)OC/C=C\CO2)N(C(=O)[C@@H](NC(=O)[C@H](C)NC)C(C)(C)C)C1. The molecule has 562 valence electrons. The van der Waals surface area contributed by atoms with Gasteiger partial charge in [-0.05, 0) is 120 Å². The Balaban J connectivity index is 1.05. The third kappa shape index (κ3) is 21.1. The quantitative estimate of drug-likeness (QED) is 0.0584. The normalized spacial score (nSPS) is 22.4. The van der Waals surface area contributed by atoms with Crippen molar-refractivity contribution in [1.82, 2.24) is 57.7 Å². The van der Waals surface area contributed by atoms with Gasteiger partial charge in [-0.25, -0.2) is 9.59 Å². The zero-order valence-corrected chi connectivity index (χ0v) is 60.2. The van der Waals surface area contributed by atoms with E-state index in [0.717, 1.165) is 21.5 Å². The minimum absolute atomic E-state index is 0.0125. The lowest BCUT2D eigenvalue weighted by Crippen LogP contribution is -2.61. The van der Waals surface area contributed by atoms with Crippen LogP contribution in [0, 0.1) is 5.41 Å². The van der Waals surface area contributed by atoms with E-state index < -0.39 is 155 Å². The molecule has 0 saturated carbocycles. The molecule has 2 saturated heterocycles. The molecule has 0 aliphatic carbocycles. The maximum absolute atomic E-state index is 15.2. The molecular weight excluding hydrogens is 1360 g/mol. The molecule has 28 nitrogen and oxygen atoms in total. The number of hydrogen-bond donors (Lipinski definition) is 12. The van der Waals surface area contributed by atoms with Crippen molar-refractivity contribution in [3.63, 3.8) is 0 Å². The standard InChI is InChI=1S/C78H93N11O17/c1-44(79-6)67(92)82-58(30-31-65(90)91)74(99)89-43-57-41-64(89)73(98)84-60(39-49-21-25-51-15-9-11-17-54(51)35-49)71(96)85-61(76(101)102)36-46-18-26-52(27-19-46)69(94)81-55-40-63(88(42-55)75(100)66(78(3,4)5)87-68(93)45(2)80-7)72(97)83-59(38-48-20-24-50-14-8-10-16-53(50)34-48)70(95)86-62(77(103)104)37-47-22-28-56(29-23-47)105-32-12-13-33-106-57/h8-29,34-35,44-45,55,57-64,66,79-80H,30-33,36-43H2,1-7H3,(H,81,94)(H,82,92)(H,83,97)(H,84,98)(H,85,96)(H,86,95)(H,87,93)(H,90,91)(H,101,102)(H,103,104)/b13-12-/t44-,45-,55-,57-,58-,59-,60-,61-,62-,63-,64-,66+/m0/s1. The molecule has 12 N–H and O–H groups in total. The molecule has 12 atom stereocenters. The molecule has 2 fully saturated rings. The van der Waals surface area contributed by atoms with Crippen molar-refractivity contribution in [1.29, 1.82) is 0 Å². The number of nitrogens with one attached hydrogen (secondary N) is 9. The van der Waals surface area contributed by atoms with E-state index in [9.17, 15) is 58.5 Å². The first-order valence-corrected chi connectivity index (χ1v) is 35.3. The van der Waals surface area contributed by atoms with Gasteiger partial charge in [-0.15, -0.1) is 0 Å².